The second-order valence-electron chi connectivity index (χ2n) is 5.47. The number of hydrogen-bond donors (Lipinski definition) is 2. The van der Waals surface area contributed by atoms with Crippen LogP contribution in [-0.4, -0.2) is 25.7 Å². The van der Waals surface area contributed by atoms with Gasteiger partial charge in [0.05, 0.1) is 6.54 Å². The number of benzene rings is 2. The van der Waals surface area contributed by atoms with Gasteiger partial charge >= 0.3 is 0 Å². The van der Waals surface area contributed by atoms with Gasteiger partial charge in [-0.25, -0.2) is 0 Å². The molecule has 1 atom stereocenters. The fraction of sp³-hybridized carbons (Fsp3) is 0.316. The molecule has 0 radical (unpaired) electrons. The lowest BCUT2D eigenvalue weighted by molar-refractivity contribution is 0.224. The van der Waals surface area contributed by atoms with E-state index < -0.39 is 0 Å². The molecule has 0 spiro atoms. The smallest absolute Gasteiger partial charge is 0.191 e. The molecule has 0 amide bonds. The third kappa shape index (κ3) is 6.78. The van der Waals surface area contributed by atoms with Crippen LogP contribution in [0.5, 0.6) is 5.75 Å². The Morgan fingerprint density at radius 3 is 2.38 bits per heavy atom. The first-order valence-electron chi connectivity index (χ1n) is 7.89. The zero-order chi connectivity index (χ0) is 16.5. The second-order valence-corrected chi connectivity index (χ2v) is 5.47. The molecule has 2 rings (SSSR count). The van der Waals surface area contributed by atoms with Gasteiger partial charge in [0.1, 0.15) is 11.9 Å². The molecule has 0 aromatic heterocycles. The molecule has 1 unspecified atom stereocenters. The molecular weight excluding hydrogens is 413 g/mol. The number of halogens is 1. The highest BCUT2D eigenvalue weighted by atomic mass is 127. The molecule has 0 aliphatic carbocycles. The number of aliphatic imine (C=N–C) groups is 1. The van der Waals surface area contributed by atoms with Crippen LogP contribution in [0.2, 0.25) is 0 Å². The average molecular weight is 439 g/mol. The monoisotopic (exact) mass is 439 g/mol. The summed E-state index contributed by atoms with van der Waals surface area (Å²) in [4.78, 5) is 4.25. The van der Waals surface area contributed by atoms with E-state index in [1.807, 2.05) is 37.3 Å². The van der Waals surface area contributed by atoms with Gasteiger partial charge in [0.25, 0.3) is 0 Å². The Hall–Kier alpha value is -1.76. The number of guanidine groups is 1. The highest BCUT2D eigenvalue weighted by molar-refractivity contribution is 14.0. The topological polar surface area (TPSA) is 45.7 Å². The van der Waals surface area contributed by atoms with Gasteiger partial charge in [0.15, 0.2) is 5.96 Å². The number of aryl methyl sites for hydroxylation is 1. The Labute approximate surface area is 161 Å². The number of nitrogens with one attached hydrogen (secondary N) is 2. The normalized spacial score (nSPS) is 12.0. The van der Waals surface area contributed by atoms with Gasteiger partial charge in [-0.3, -0.25) is 4.99 Å². The minimum absolute atomic E-state index is 0. The Balaban J connectivity index is 0.00000288. The van der Waals surface area contributed by atoms with Crippen LogP contribution in [0.25, 0.3) is 0 Å². The van der Waals surface area contributed by atoms with Gasteiger partial charge in [0.2, 0.25) is 0 Å². The van der Waals surface area contributed by atoms with E-state index in [4.69, 9.17) is 4.74 Å². The summed E-state index contributed by atoms with van der Waals surface area (Å²) in [5.41, 5.74) is 2.54. The molecule has 0 saturated carbocycles. The van der Waals surface area contributed by atoms with E-state index in [0.717, 1.165) is 18.3 Å². The highest BCUT2D eigenvalue weighted by Crippen LogP contribution is 2.10. The van der Waals surface area contributed by atoms with Crippen molar-refractivity contribution in [2.45, 2.75) is 26.5 Å². The number of para-hydroxylation sites is 1. The van der Waals surface area contributed by atoms with E-state index in [9.17, 15) is 0 Å². The molecule has 4 nitrogen and oxygen atoms in total. The third-order valence-electron chi connectivity index (χ3n) is 3.57. The Bertz CT molecular complexity index is 632. The summed E-state index contributed by atoms with van der Waals surface area (Å²) < 4.78 is 5.85. The number of rotatable bonds is 6. The molecule has 2 aromatic rings. The quantitative estimate of drug-likeness (QED) is 0.410. The molecule has 0 saturated heterocycles. The predicted octanol–water partition coefficient (Wildman–Crippen LogP) is 3.75. The van der Waals surface area contributed by atoms with Crippen molar-refractivity contribution in [2.75, 3.05) is 13.6 Å². The lowest BCUT2D eigenvalue weighted by Crippen LogP contribution is -2.41. The molecule has 5 heteroatoms. The first kappa shape index (κ1) is 20.3. The van der Waals surface area contributed by atoms with Crippen molar-refractivity contribution in [1.29, 1.82) is 0 Å². The predicted molar refractivity (Wildman–Crippen MR) is 111 cm³/mol. The van der Waals surface area contributed by atoms with Crippen LogP contribution in [-0.2, 0) is 6.54 Å². The minimum Gasteiger partial charge on any atom is -0.489 e. The molecule has 2 N–H and O–H groups in total. The maximum Gasteiger partial charge on any atom is 0.191 e. The lowest BCUT2D eigenvalue weighted by atomic mass is 10.1. The first-order chi connectivity index (χ1) is 11.2. The van der Waals surface area contributed by atoms with Crippen molar-refractivity contribution < 1.29 is 4.74 Å². The van der Waals surface area contributed by atoms with Crippen molar-refractivity contribution in [3.05, 3.63) is 65.7 Å². The molecule has 2 aromatic carbocycles. The van der Waals surface area contributed by atoms with Crippen molar-refractivity contribution in [3.63, 3.8) is 0 Å². The first-order valence-corrected chi connectivity index (χ1v) is 7.89. The van der Waals surface area contributed by atoms with E-state index in [0.29, 0.717) is 6.54 Å². The van der Waals surface area contributed by atoms with Gasteiger partial charge in [-0.2, -0.15) is 0 Å². The Morgan fingerprint density at radius 2 is 1.71 bits per heavy atom. The molecule has 0 heterocycles. The standard InChI is InChI=1S/C19H25N3O.HI/c1-15-9-7-8-10-17(15)14-22-19(20-3)21-13-16(2)23-18-11-5-4-6-12-18;/h4-12,16H,13-14H2,1-3H3,(H2,20,21,22);1H. The van der Waals surface area contributed by atoms with Crippen molar-refractivity contribution in [1.82, 2.24) is 10.6 Å². The van der Waals surface area contributed by atoms with E-state index >= 15 is 0 Å². The summed E-state index contributed by atoms with van der Waals surface area (Å²) in [6, 6.07) is 18.2. The fourth-order valence-electron chi connectivity index (χ4n) is 2.22. The highest BCUT2D eigenvalue weighted by Gasteiger charge is 2.06. The SMILES string of the molecule is CN=C(NCc1ccccc1C)NCC(C)Oc1ccccc1.I. The van der Waals surface area contributed by atoms with Crippen molar-refractivity contribution >= 4 is 29.9 Å². The summed E-state index contributed by atoms with van der Waals surface area (Å²) in [5.74, 6) is 1.65. The number of ether oxygens (including phenoxy) is 1. The fourth-order valence-corrected chi connectivity index (χ4v) is 2.22. The largest absolute Gasteiger partial charge is 0.489 e. The van der Waals surface area contributed by atoms with Crippen LogP contribution >= 0.6 is 24.0 Å². The van der Waals surface area contributed by atoms with Crippen LogP contribution in [0.1, 0.15) is 18.1 Å². The van der Waals surface area contributed by atoms with Gasteiger partial charge in [0, 0.05) is 13.6 Å². The zero-order valence-corrected chi connectivity index (χ0v) is 16.8. The van der Waals surface area contributed by atoms with Gasteiger partial charge in [-0.1, -0.05) is 42.5 Å². The maximum atomic E-state index is 5.85. The van der Waals surface area contributed by atoms with Gasteiger partial charge < -0.3 is 15.4 Å². The average Bonchev–Trinajstić information content (AvgIpc) is 2.57. The molecule has 0 bridgehead atoms. The van der Waals surface area contributed by atoms with E-state index in [2.05, 4.69) is 46.8 Å². The molecule has 0 aliphatic heterocycles. The van der Waals surface area contributed by atoms with E-state index in [-0.39, 0.29) is 30.1 Å². The molecular formula is C19H26IN3O. The van der Waals surface area contributed by atoms with Crippen LogP contribution in [0.4, 0.5) is 0 Å². The van der Waals surface area contributed by atoms with Gasteiger partial charge in [-0.15, -0.1) is 24.0 Å². The van der Waals surface area contributed by atoms with Crippen LogP contribution < -0.4 is 15.4 Å². The summed E-state index contributed by atoms with van der Waals surface area (Å²) in [5, 5.41) is 6.62. The molecule has 0 fully saturated rings. The zero-order valence-electron chi connectivity index (χ0n) is 14.5. The summed E-state index contributed by atoms with van der Waals surface area (Å²) >= 11 is 0. The summed E-state index contributed by atoms with van der Waals surface area (Å²) in [6.07, 6.45) is 0.0504. The molecule has 130 valence electrons. The Morgan fingerprint density at radius 1 is 1.04 bits per heavy atom. The minimum atomic E-state index is 0. The lowest BCUT2D eigenvalue weighted by Gasteiger charge is -2.18. The molecule has 0 aliphatic rings. The van der Waals surface area contributed by atoms with E-state index in [1.54, 1.807) is 7.05 Å². The summed E-state index contributed by atoms with van der Waals surface area (Å²) in [7, 11) is 1.77. The maximum absolute atomic E-state index is 5.85. The van der Waals surface area contributed by atoms with Crippen LogP contribution in [0.15, 0.2) is 59.6 Å². The Kier molecular flexibility index (Phi) is 9.22. The molecule has 24 heavy (non-hydrogen) atoms. The second kappa shape index (κ2) is 10.9. The third-order valence-corrected chi connectivity index (χ3v) is 3.57. The van der Waals surface area contributed by atoms with Gasteiger partial charge in [-0.05, 0) is 37.1 Å². The van der Waals surface area contributed by atoms with Crippen LogP contribution in [0.3, 0.4) is 0 Å². The van der Waals surface area contributed by atoms with Crippen molar-refractivity contribution in [3.8, 4) is 5.75 Å². The van der Waals surface area contributed by atoms with Crippen molar-refractivity contribution in [2.24, 2.45) is 4.99 Å². The van der Waals surface area contributed by atoms with Crippen LogP contribution in [0, 0.1) is 6.92 Å². The number of nitrogens with zero attached hydrogens (tertiary/aromatic N) is 1. The van der Waals surface area contributed by atoms with E-state index in [1.165, 1.54) is 11.1 Å². The number of hydrogen-bond acceptors (Lipinski definition) is 2. The summed E-state index contributed by atoms with van der Waals surface area (Å²) in [6.45, 7) is 5.58.